The summed E-state index contributed by atoms with van der Waals surface area (Å²) in [4.78, 5) is 0. The van der Waals surface area contributed by atoms with Gasteiger partial charge in [-0.25, -0.2) is 0 Å². The highest BCUT2D eigenvalue weighted by molar-refractivity contribution is 5.16. The lowest BCUT2D eigenvalue weighted by Gasteiger charge is -2.26. The van der Waals surface area contributed by atoms with Crippen LogP contribution in [-0.4, -0.2) is 12.6 Å². The Morgan fingerprint density at radius 3 is 2.43 bits per heavy atom. The van der Waals surface area contributed by atoms with E-state index in [0.29, 0.717) is 6.04 Å². The third kappa shape index (κ3) is 4.75. The van der Waals surface area contributed by atoms with E-state index in [-0.39, 0.29) is 5.41 Å². The van der Waals surface area contributed by atoms with Crippen LogP contribution in [0.15, 0.2) is 46.9 Å². The minimum atomic E-state index is 0.0629. The molecule has 0 aliphatic rings. The van der Waals surface area contributed by atoms with Crippen molar-refractivity contribution in [3.05, 3.63) is 59.5 Å². The van der Waals surface area contributed by atoms with Gasteiger partial charge in [-0.3, -0.25) is 0 Å². The van der Waals surface area contributed by atoms with E-state index in [1.807, 2.05) is 13.0 Å². The summed E-state index contributed by atoms with van der Waals surface area (Å²) >= 11 is 0. The molecule has 0 saturated heterocycles. The summed E-state index contributed by atoms with van der Waals surface area (Å²) in [6, 6.07) is 15.2. The average molecular weight is 285 g/mol. The van der Waals surface area contributed by atoms with Crippen molar-refractivity contribution in [3.8, 4) is 0 Å². The molecule has 1 atom stereocenters. The molecule has 2 rings (SSSR count). The van der Waals surface area contributed by atoms with Gasteiger partial charge in [-0.15, -0.1) is 0 Å². The molecule has 0 spiro atoms. The highest BCUT2D eigenvalue weighted by Gasteiger charge is 2.26. The Labute approximate surface area is 128 Å². The van der Waals surface area contributed by atoms with E-state index in [1.54, 1.807) is 0 Å². The van der Waals surface area contributed by atoms with Gasteiger partial charge in [-0.2, -0.15) is 0 Å². The molecule has 0 amide bonds. The van der Waals surface area contributed by atoms with Crippen LogP contribution in [0.2, 0.25) is 0 Å². The molecular weight excluding hydrogens is 258 g/mol. The Morgan fingerprint density at radius 1 is 1.10 bits per heavy atom. The van der Waals surface area contributed by atoms with Crippen LogP contribution in [0.4, 0.5) is 0 Å². The van der Waals surface area contributed by atoms with Crippen LogP contribution in [-0.2, 0) is 11.8 Å². The smallest absolute Gasteiger partial charge is 0.109 e. The zero-order valence-electron chi connectivity index (χ0n) is 13.6. The van der Waals surface area contributed by atoms with Crippen LogP contribution in [0, 0.1) is 6.92 Å². The van der Waals surface area contributed by atoms with Gasteiger partial charge >= 0.3 is 0 Å². The number of hydrogen-bond acceptors (Lipinski definition) is 2. The number of nitrogens with one attached hydrogen (secondary N) is 1. The fraction of sp³-hybridized carbons (Fsp3) is 0.474. The Morgan fingerprint density at radius 2 is 1.81 bits per heavy atom. The summed E-state index contributed by atoms with van der Waals surface area (Å²) in [6.45, 7) is 9.77. The molecule has 0 fully saturated rings. The number of rotatable bonds is 7. The molecule has 114 valence electrons. The standard InChI is InChI=1S/C19H27NO/c1-15(20-13-12-17-8-6-5-7-9-17)14-19(3,4)18-11-10-16(2)21-18/h5-11,15,20H,12-14H2,1-4H3/t15-/m1/s1. The van der Waals surface area contributed by atoms with E-state index in [4.69, 9.17) is 4.42 Å². The van der Waals surface area contributed by atoms with Crippen molar-refractivity contribution in [2.45, 2.75) is 52.0 Å². The maximum atomic E-state index is 5.80. The fourth-order valence-electron chi connectivity index (χ4n) is 2.84. The highest BCUT2D eigenvalue weighted by atomic mass is 16.3. The van der Waals surface area contributed by atoms with Gasteiger partial charge in [0.15, 0.2) is 0 Å². The van der Waals surface area contributed by atoms with E-state index in [2.05, 4.69) is 62.5 Å². The quantitative estimate of drug-likeness (QED) is 0.811. The van der Waals surface area contributed by atoms with Crippen molar-refractivity contribution in [3.63, 3.8) is 0 Å². The summed E-state index contributed by atoms with van der Waals surface area (Å²) in [6.07, 6.45) is 2.14. The Balaban J connectivity index is 1.80. The lowest BCUT2D eigenvalue weighted by molar-refractivity contribution is 0.320. The number of furan rings is 1. The highest BCUT2D eigenvalue weighted by Crippen LogP contribution is 2.29. The molecule has 2 aromatic rings. The fourth-order valence-corrected chi connectivity index (χ4v) is 2.84. The molecule has 1 heterocycles. The van der Waals surface area contributed by atoms with Crippen molar-refractivity contribution in [1.82, 2.24) is 5.32 Å². The van der Waals surface area contributed by atoms with Gasteiger partial charge in [-0.05, 0) is 50.9 Å². The monoisotopic (exact) mass is 285 g/mol. The largest absolute Gasteiger partial charge is 0.466 e. The summed E-state index contributed by atoms with van der Waals surface area (Å²) in [5.41, 5.74) is 1.45. The van der Waals surface area contributed by atoms with E-state index in [1.165, 1.54) is 5.56 Å². The predicted molar refractivity (Wildman–Crippen MR) is 88.7 cm³/mol. The maximum absolute atomic E-state index is 5.80. The zero-order valence-corrected chi connectivity index (χ0v) is 13.6. The van der Waals surface area contributed by atoms with Crippen LogP contribution < -0.4 is 5.32 Å². The Kier molecular flexibility index (Phi) is 5.24. The predicted octanol–water partition coefficient (Wildman–Crippen LogP) is 4.48. The molecule has 0 aliphatic heterocycles. The molecule has 2 heteroatoms. The zero-order chi connectivity index (χ0) is 15.3. The van der Waals surface area contributed by atoms with Crippen LogP contribution >= 0.6 is 0 Å². The summed E-state index contributed by atoms with van der Waals surface area (Å²) in [7, 11) is 0. The van der Waals surface area contributed by atoms with Crippen LogP contribution in [0.3, 0.4) is 0 Å². The molecule has 1 N–H and O–H groups in total. The van der Waals surface area contributed by atoms with Crippen molar-refractivity contribution in [2.24, 2.45) is 0 Å². The second kappa shape index (κ2) is 6.95. The second-order valence-corrected chi connectivity index (χ2v) is 6.59. The van der Waals surface area contributed by atoms with Gasteiger partial charge in [0.2, 0.25) is 0 Å². The van der Waals surface area contributed by atoms with E-state index in [0.717, 1.165) is 30.9 Å². The average Bonchev–Trinajstić information content (AvgIpc) is 2.87. The molecule has 2 nitrogen and oxygen atoms in total. The van der Waals surface area contributed by atoms with E-state index < -0.39 is 0 Å². The van der Waals surface area contributed by atoms with Gasteiger partial charge in [0.1, 0.15) is 11.5 Å². The molecule has 0 saturated carbocycles. The Hall–Kier alpha value is -1.54. The first-order chi connectivity index (χ1) is 9.97. The molecule has 0 bridgehead atoms. The van der Waals surface area contributed by atoms with Crippen molar-refractivity contribution in [2.75, 3.05) is 6.54 Å². The molecule has 0 unspecified atom stereocenters. The summed E-state index contributed by atoms with van der Waals surface area (Å²) < 4.78 is 5.80. The minimum absolute atomic E-state index is 0.0629. The number of aryl methyl sites for hydroxylation is 1. The minimum Gasteiger partial charge on any atom is -0.466 e. The molecular formula is C19H27NO. The lowest BCUT2D eigenvalue weighted by Crippen LogP contribution is -2.34. The van der Waals surface area contributed by atoms with Crippen molar-refractivity contribution in [1.29, 1.82) is 0 Å². The summed E-state index contributed by atoms with van der Waals surface area (Å²) in [5.74, 6) is 2.07. The maximum Gasteiger partial charge on any atom is 0.109 e. The van der Waals surface area contributed by atoms with E-state index in [9.17, 15) is 0 Å². The third-order valence-electron chi connectivity index (χ3n) is 3.97. The van der Waals surface area contributed by atoms with Gasteiger partial charge < -0.3 is 9.73 Å². The van der Waals surface area contributed by atoms with Gasteiger partial charge in [0, 0.05) is 11.5 Å². The van der Waals surface area contributed by atoms with Gasteiger partial charge in [-0.1, -0.05) is 44.2 Å². The molecule has 0 aliphatic carbocycles. The van der Waals surface area contributed by atoms with Crippen LogP contribution in [0.1, 0.15) is 44.3 Å². The number of benzene rings is 1. The first-order valence-corrected chi connectivity index (χ1v) is 7.81. The third-order valence-corrected chi connectivity index (χ3v) is 3.97. The summed E-state index contributed by atoms with van der Waals surface area (Å²) in [5, 5.41) is 3.62. The van der Waals surface area contributed by atoms with Crippen LogP contribution in [0.5, 0.6) is 0 Å². The Bertz CT molecular complexity index is 542. The van der Waals surface area contributed by atoms with E-state index >= 15 is 0 Å². The van der Waals surface area contributed by atoms with Gasteiger partial charge in [0.05, 0.1) is 0 Å². The normalized spacial score (nSPS) is 13.3. The van der Waals surface area contributed by atoms with Crippen LogP contribution in [0.25, 0.3) is 0 Å². The van der Waals surface area contributed by atoms with Crippen molar-refractivity contribution >= 4 is 0 Å². The molecule has 21 heavy (non-hydrogen) atoms. The van der Waals surface area contributed by atoms with Crippen molar-refractivity contribution < 1.29 is 4.42 Å². The second-order valence-electron chi connectivity index (χ2n) is 6.59. The lowest BCUT2D eigenvalue weighted by atomic mass is 9.83. The number of hydrogen-bond donors (Lipinski definition) is 1. The molecule has 0 radical (unpaired) electrons. The first-order valence-electron chi connectivity index (χ1n) is 7.81. The SMILES string of the molecule is Cc1ccc(C(C)(C)C[C@@H](C)NCCc2ccccc2)o1. The topological polar surface area (TPSA) is 25.2 Å². The molecule has 1 aromatic carbocycles. The molecule has 1 aromatic heterocycles. The first kappa shape index (κ1) is 15.8. The van der Waals surface area contributed by atoms with Gasteiger partial charge in [0.25, 0.3) is 0 Å².